The van der Waals surface area contributed by atoms with Gasteiger partial charge in [-0.25, -0.2) is 4.79 Å². The minimum Gasteiger partial charge on any atom is -0.494 e. The van der Waals surface area contributed by atoms with E-state index in [1.165, 1.54) is 11.3 Å². The normalized spacial score (nSPS) is 17.5. The van der Waals surface area contributed by atoms with Gasteiger partial charge in [-0.3, -0.25) is 4.79 Å². The third-order valence-electron chi connectivity index (χ3n) is 6.63. The predicted molar refractivity (Wildman–Crippen MR) is 137 cm³/mol. The number of benzene rings is 1. The molecule has 0 radical (unpaired) electrons. The van der Waals surface area contributed by atoms with Crippen LogP contribution in [0.3, 0.4) is 0 Å². The first-order chi connectivity index (χ1) is 17.6. The number of fused-ring (bicyclic) bond motifs is 1. The van der Waals surface area contributed by atoms with Crippen LogP contribution >= 0.6 is 11.3 Å². The van der Waals surface area contributed by atoms with E-state index in [2.05, 4.69) is 16.7 Å². The lowest BCUT2D eigenvalue weighted by atomic mass is 9.94. The summed E-state index contributed by atoms with van der Waals surface area (Å²) in [6, 6.07) is 9.98. The number of hydrogen-bond acceptors (Lipinski definition) is 7. The molecule has 1 saturated heterocycles. The molecule has 4 rings (SSSR count). The van der Waals surface area contributed by atoms with Crippen molar-refractivity contribution in [1.29, 1.82) is 5.26 Å². The average Bonchev–Trinajstić information content (AvgIpc) is 3.23. The number of nitriles is 1. The molecule has 2 amide bonds. The van der Waals surface area contributed by atoms with E-state index in [0.717, 1.165) is 47.8 Å². The number of anilines is 1. The Bertz CT molecular complexity index is 1100. The van der Waals surface area contributed by atoms with Gasteiger partial charge in [0.1, 0.15) is 22.9 Å². The third kappa shape index (κ3) is 6.77. The largest absolute Gasteiger partial charge is 0.494 e. The number of para-hydroxylation sites is 1. The monoisotopic (exact) mass is 511 g/mol. The topological polar surface area (TPSA) is 110 Å². The smallest absolute Gasteiger partial charge is 0.407 e. The Morgan fingerprint density at radius 2 is 2.03 bits per heavy atom. The highest BCUT2D eigenvalue weighted by Gasteiger charge is 2.28. The number of alkyl carbamates (subject to hydrolysis) is 1. The summed E-state index contributed by atoms with van der Waals surface area (Å²) in [7, 11) is 0. The van der Waals surface area contributed by atoms with E-state index in [0.29, 0.717) is 55.3 Å². The van der Waals surface area contributed by atoms with Crippen LogP contribution < -0.4 is 15.4 Å². The maximum atomic E-state index is 12.7. The van der Waals surface area contributed by atoms with Crippen LogP contribution in [-0.2, 0) is 33.5 Å². The molecule has 36 heavy (non-hydrogen) atoms. The first-order valence-corrected chi connectivity index (χ1v) is 13.5. The molecule has 1 fully saturated rings. The Labute approximate surface area is 215 Å². The second kappa shape index (κ2) is 12.7. The molecular formula is C27H33N3O5S. The SMILES string of the molecule is CCOc1ccccc1CCC(=O)Nc1sc2c(c1C#N)CCC(OC(=O)NCC1CCOCC1)C2. The maximum Gasteiger partial charge on any atom is 0.407 e. The molecule has 2 heterocycles. The Morgan fingerprint density at radius 3 is 2.81 bits per heavy atom. The number of amides is 2. The van der Waals surface area contributed by atoms with E-state index >= 15 is 0 Å². The van der Waals surface area contributed by atoms with Gasteiger partial charge < -0.3 is 24.8 Å². The van der Waals surface area contributed by atoms with E-state index < -0.39 is 6.09 Å². The van der Waals surface area contributed by atoms with Gasteiger partial charge in [0.25, 0.3) is 0 Å². The lowest BCUT2D eigenvalue weighted by molar-refractivity contribution is -0.116. The zero-order chi connectivity index (χ0) is 25.3. The molecule has 1 aromatic carbocycles. The summed E-state index contributed by atoms with van der Waals surface area (Å²) in [5.74, 6) is 1.08. The number of nitrogens with one attached hydrogen (secondary N) is 2. The van der Waals surface area contributed by atoms with Crippen molar-refractivity contribution in [2.75, 3.05) is 31.7 Å². The van der Waals surface area contributed by atoms with Gasteiger partial charge in [0.15, 0.2) is 0 Å². The summed E-state index contributed by atoms with van der Waals surface area (Å²) < 4.78 is 16.7. The molecule has 1 unspecified atom stereocenters. The summed E-state index contributed by atoms with van der Waals surface area (Å²) in [5, 5.41) is 16.2. The molecular weight excluding hydrogens is 478 g/mol. The Hall–Kier alpha value is -3.09. The standard InChI is InChI=1S/C27H33N3O5S/c1-2-34-23-6-4-3-5-19(23)7-10-25(31)30-26-22(16-28)21-9-8-20(15-24(21)36-26)35-27(32)29-17-18-11-13-33-14-12-18/h3-6,18,20H,2,7-15,17H2,1H3,(H,29,32)(H,30,31). The number of hydrogen-bond donors (Lipinski definition) is 2. The van der Waals surface area contributed by atoms with E-state index in [-0.39, 0.29) is 18.4 Å². The fourth-order valence-corrected chi connectivity index (χ4v) is 5.96. The van der Waals surface area contributed by atoms with E-state index in [4.69, 9.17) is 14.2 Å². The lowest BCUT2D eigenvalue weighted by Gasteiger charge is -2.24. The van der Waals surface area contributed by atoms with Crippen LogP contribution in [-0.4, -0.2) is 44.5 Å². The summed E-state index contributed by atoms with van der Waals surface area (Å²) in [4.78, 5) is 26.0. The molecule has 2 N–H and O–H groups in total. The lowest BCUT2D eigenvalue weighted by Crippen LogP contribution is -2.36. The second-order valence-electron chi connectivity index (χ2n) is 9.12. The van der Waals surface area contributed by atoms with Crippen LogP contribution in [0.25, 0.3) is 0 Å². The Morgan fingerprint density at radius 1 is 1.22 bits per heavy atom. The molecule has 2 aromatic rings. The first-order valence-electron chi connectivity index (χ1n) is 12.6. The first kappa shape index (κ1) is 26.0. The van der Waals surface area contributed by atoms with Crippen molar-refractivity contribution < 1.29 is 23.8 Å². The summed E-state index contributed by atoms with van der Waals surface area (Å²) in [5.41, 5.74) is 2.47. The van der Waals surface area contributed by atoms with Gasteiger partial charge in [-0.15, -0.1) is 11.3 Å². The van der Waals surface area contributed by atoms with Crippen molar-refractivity contribution >= 4 is 28.3 Å². The zero-order valence-corrected chi connectivity index (χ0v) is 21.5. The van der Waals surface area contributed by atoms with Crippen molar-refractivity contribution in [3.8, 4) is 11.8 Å². The number of aryl methyl sites for hydroxylation is 1. The van der Waals surface area contributed by atoms with Crippen molar-refractivity contribution in [2.24, 2.45) is 5.92 Å². The van der Waals surface area contributed by atoms with E-state index in [1.54, 1.807) is 0 Å². The van der Waals surface area contributed by atoms with Crippen molar-refractivity contribution in [2.45, 2.75) is 58.0 Å². The van der Waals surface area contributed by atoms with Gasteiger partial charge in [0.05, 0.1) is 12.2 Å². The van der Waals surface area contributed by atoms with Crippen molar-refractivity contribution in [3.05, 3.63) is 45.8 Å². The highest BCUT2D eigenvalue weighted by atomic mass is 32.1. The van der Waals surface area contributed by atoms with Gasteiger partial charge in [0, 0.05) is 37.5 Å². The van der Waals surface area contributed by atoms with Gasteiger partial charge in [-0.2, -0.15) is 5.26 Å². The van der Waals surface area contributed by atoms with Gasteiger partial charge in [-0.05, 0) is 62.1 Å². The summed E-state index contributed by atoms with van der Waals surface area (Å²) in [6.07, 6.45) is 3.96. The van der Waals surface area contributed by atoms with Crippen molar-refractivity contribution in [3.63, 3.8) is 0 Å². The highest BCUT2D eigenvalue weighted by molar-refractivity contribution is 7.16. The molecule has 1 aliphatic carbocycles. The highest BCUT2D eigenvalue weighted by Crippen LogP contribution is 2.38. The summed E-state index contributed by atoms with van der Waals surface area (Å²) in [6.45, 7) is 4.58. The zero-order valence-electron chi connectivity index (χ0n) is 20.6. The van der Waals surface area contributed by atoms with Crippen molar-refractivity contribution in [1.82, 2.24) is 5.32 Å². The molecule has 1 aromatic heterocycles. The fourth-order valence-electron chi connectivity index (χ4n) is 4.68. The minimum absolute atomic E-state index is 0.142. The van der Waals surface area contributed by atoms with Crippen LogP contribution in [0.2, 0.25) is 0 Å². The number of carbonyl (C=O) groups excluding carboxylic acids is 2. The second-order valence-corrected chi connectivity index (χ2v) is 10.2. The van der Waals surface area contributed by atoms with Crippen LogP contribution in [0.1, 0.15) is 54.2 Å². The molecule has 1 aliphatic heterocycles. The fraction of sp³-hybridized carbons (Fsp3) is 0.519. The molecule has 192 valence electrons. The number of thiophene rings is 1. The van der Waals surface area contributed by atoms with Crippen LogP contribution in [0.15, 0.2) is 24.3 Å². The maximum absolute atomic E-state index is 12.7. The Kier molecular flexibility index (Phi) is 9.20. The van der Waals surface area contributed by atoms with Crippen LogP contribution in [0, 0.1) is 17.2 Å². The predicted octanol–water partition coefficient (Wildman–Crippen LogP) is 4.60. The van der Waals surface area contributed by atoms with Crippen LogP contribution in [0.5, 0.6) is 5.75 Å². The molecule has 0 spiro atoms. The quantitative estimate of drug-likeness (QED) is 0.509. The number of rotatable bonds is 9. The minimum atomic E-state index is -0.395. The van der Waals surface area contributed by atoms with Crippen LogP contribution in [0.4, 0.5) is 9.80 Å². The molecule has 2 aliphatic rings. The van der Waals surface area contributed by atoms with Gasteiger partial charge in [0.2, 0.25) is 5.91 Å². The number of nitrogens with zero attached hydrogens (tertiary/aromatic N) is 1. The Balaban J connectivity index is 1.30. The molecule has 1 atom stereocenters. The summed E-state index contributed by atoms with van der Waals surface area (Å²) >= 11 is 1.41. The third-order valence-corrected chi connectivity index (χ3v) is 7.80. The molecule has 0 saturated carbocycles. The molecule has 8 nitrogen and oxygen atoms in total. The van der Waals surface area contributed by atoms with E-state index in [9.17, 15) is 14.9 Å². The van der Waals surface area contributed by atoms with Gasteiger partial charge in [-0.1, -0.05) is 18.2 Å². The van der Waals surface area contributed by atoms with Gasteiger partial charge >= 0.3 is 6.09 Å². The molecule has 0 bridgehead atoms. The average molecular weight is 512 g/mol. The van der Waals surface area contributed by atoms with E-state index in [1.807, 2.05) is 31.2 Å². The molecule has 9 heteroatoms. The number of carbonyl (C=O) groups is 2. The number of ether oxygens (including phenoxy) is 3.